The highest BCUT2D eigenvalue weighted by Gasteiger charge is 2.10. The third kappa shape index (κ3) is 4.38. The van der Waals surface area contributed by atoms with Crippen molar-refractivity contribution in [1.29, 1.82) is 0 Å². The first-order valence-electron chi connectivity index (χ1n) is 7.67. The lowest BCUT2D eigenvalue weighted by atomic mass is 9.99. The molecule has 24 heavy (non-hydrogen) atoms. The second-order valence-corrected chi connectivity index (χ2v) is 5.63. The molecular formula is C18H20FN3O2. The summed E-state index contributed by atoms with van der Waals surface area (Å²) in [5.41, 5.74) is 2.99. The first-order chi connectivity index (χ1) is 11.4. The maximum Gasteiger partial charge on any atom is 0.269 e. The van der Waals surface area contributed by atoms with Crippen molar-refractivity contribution >= 4 is 17.7 Å². The van der Waals surface area contributed by atoms with Crippen LogP contribution in [-0.2, 0) is 6.42 Å². The number of nitro groups is 1. The lowest BCUT2D eigenvalue weighted by molar-refractivity contribution is -0.384. The third-order valence-electron chi connectivity index (χ3n) is 3.86. The fourth-order valence-electron chi connectivity index (χ4n) is 2.28. The van der Waals surface area contributed by atoms with Crippen LogP contribution in [0.15, 0.2) is 41.4 Å². The van der Waals surface area contributed by atoms with E-state index in [-0.39, 0.29) is 11.5 Å². The highest BCUT2D eigenvalue weighted by atomic mass is 19.1. The van der Waals surface area contributed by atoms with E-state index in [9.17, 15) is 14.5 Å². The highest BCUT2D eigenvalue weighted by molar-refractivity contribution is 5.64. The lowest BCUT2D eigenvalue weighted by Crippen LogP contribution is -2.14. The molecular weight excluding hydrogens is 309 g/mol. The van der Waals surface area contributed by atoms with Crippen molar-refractivity contribution in [3.8, 4) is 0 Å². The number of halogens is 1. The van der Waals surface area contributed by atoms with E-state index in [4.69, 9.17) is 0 Å². The molecule has 0 aliphatic carbocycles. The van der Waals surface area contributed by atoms with Crippen molar-refractivity contribution in [3.63, 3.8) is 0 Å². The van der Waals surface area contributed by atoms with Crippen molar-refractivity contribution in [2.75, 3.05) is 13.6 Å². The van der Waals surface area contributed by atoms with Crippen LogP contribution >= 0.6 is 0 Å². The first-order valence-corrected chi connectivity index (χ1v) is 7.67. The summed E-state index contributed by atoms with van der Waals surface area (Å²) in [7, 11) is 1.89. The smallest absolute Gasteiger partial charge is 0.269 e. The summed E-state index contributed by atoms with van der Waals surface area (Å²) in [5.74, 6) is -0.368. The largest absolute Gasteiger partial charge is 0.366 e. The van der Waals surface area contributed by atoms with E-state index in [1.165, 1.54) is 24.3 Å². The second-order valence-electron chi connectivity index (χ2n) is 5.63. The van der Waals surface area contributed by atoms with Gasteiger partial charge in [-0.3, -0.25) is 10.1 Å². The van der Waals surface area contributed by atoms with Crippen molar-refractivity contribution in [2.24, 2.45) is 4.99 Å². The zero-order valence-corrected chi connectivity index (χ0v) is 14.0. The van der Waals surface area contributed by atoms with E-state index in [0.717, 1.165) is 23.2 Å². The number of nitrogens with zero attached hydrogens (tertiary/aromatic N) is 3. The fourth-order valence-corrected chi connectivity index (χ4v) is 2.28. The molecule has 0 aliphatic heterocycles. The van der Waals surface area contributed by atoms with Crippen molar-refractivity contribution in [3.05, 3.63) is 69.0 Å². The molecule has 2 aromatic rings. The molecule has 0 saturated heterocycles. The van der Waals surface area contributed by atoms with Crippen LogP contribution in [0.4, 0.5) is 15.8 Å². The summed E-state index contributed by atoms with van der Waals surface area (Å²) < 4.78 is 13.9. The van der Waals surface area contributed by atoms with Gasteiger partial charge in [0.2, 0.25) is 0 Å². The second kappa shape index (κ2) is 7.68. The van der Waals surface area contributed by atoms with Crippen molar-refractivity contribution in [1.82, 2.24) is 4.90 Å². The van der Waals surface area contributed by atoms with Gasteiger partial charge in [-0.1, -0.05) is 12.1 Å². The maximum absolute atomic E-state index is 13.9. The Bertz CT molecular complexity index is 775. The molecule has 0 atom stereocenters. The van der Waals surface area contributed by atoms with Gasteiger partial charge in [-0.25, -0.2) is 9.38 Å². The van der Waals surface area contributed by atoms with E-state index < -0.39 is 4.92 Å². The zero-order valence-electron chi connectivity index (χ0n) is 14.0. The van der Waals surface area contributed by atoms with Gasteiger partial charge in [0.1, 0.15) is 5.82 Å². The third-order valence-corrected chi connectivity index (χ3v) is 3.86. The van der Waals surface area contributed by atoms with Gasteiger partial charge in [0.05, 0.1) is 16.9 Å². The van der Waals surface area contributed by atoms with Crippen molar-refractivity contribution in [2.45, 2.75) is 20.3 Å². The molecule has 0 spiro atoms. The van der Waals surface area contributed by atoms with Crippen molar-refractivity contribution < 1.29 is 9.31 Å². The quantitative estimate of drug-likeness (QED) is 0.345. The Morgan fingerprint density at radius 3 is 2.75 bits per heavy atom. The minimum Gasteiger partial charge on any atom is -0.366 e. The Morgan fingerprint density at radius 1 is 1.33 bits per heavy atom. The predicted octanol–water partition coefficient (Wildman–Crippen LogP) is 4.24. The maximum atomic E-state index is 13.9. The molecule has 0 heterocycles. The van der Waals surface area contributed by atoms with Gasteiger partial charge in [-0.15, -0.1) is 0 Å². The monoisotopic (exact) mass is 329 g/mol. The SMILES string of the molecule is CCN(C)C=Nc1cc(F)cc(Cc2cccc([N+](=O)[O-])c2)c1C. The normalized spacial score (nSPS) is 11.0. The summed E-state index contributed by atoms with van der Waals surface area (Å²) in [6.45, 7) is 4.68. The van der Waals surface area contributed by atoms with Crippen LogP contribution in [0.1, 0.15) is 23.6 Å². The number of aliphatic imine (C=N–C) groups is 1. The van der Waals surface area contributed by atoms with Crippen LogP contribution in [0.2, 0.25) is 0 Å². The van der Waals surface area contributed by atoms with Crippen LogP contribution in [0, 0.1) is 22.9 Å². The predicted molar refractivity (Wildman–Crippen MR) is 93.5 cm³/mol. The minimum atomic E-state index is -0.432. The molecule has 5 nitrogen and oxygen atoms in total. The molecule has 0 saturated carbocycles. The highest BCUT2D eigenvalue weighted by Crippen LogP contribution is 2.26. The summed E-state index contributed by atoms with van der Waals surface area (Å²) in [4.78, 5) is 16.7. The average molecular weight is 329 g/mol. The number of hydrogen-bond donors (Lipinski definition) is 0. The van der Waals surface area contributed by atoms with Gasteiger partial charge in [-0.05, 0) is 49.1 Å². The van der Waals surface area contributed by atoms with E-state index in [0.29, 0.717) is 12.1 Å². The van der Waals surface area contributed by atoms with E-state index >= 15 is 0 Å². The topological polar surface area (TPSA) is 58.7 Å². The van der Waals surface area contributed by atoms with E-state index in [2.05, 4.69) is 4.99 Å². The molecule has 126 valence electrons. The number of rotatable bonds is 6. The first kappa shape index (κ1) is 17.6. The van der Waals surface area contributed by atoms with Gasteiger partial charge in [-0.2, -0.15) is 0 Å². The minimum absolute atomic E-state index is 0.0318. The zero-order chi connectivity index (χ0) is 17.7. The van der Waals surface area contributed by atoms with Gasteiger partial charge >= 0.3 is 0 Å². The van der Waals surface area contributed by atoms with E-state index in [1.54, 1.807) is 18.5 Å². The van der Waals surface area contributed by atoms with Gasteiger partial charge in [0, 0.05) is 25.7 Å². The molecule has 0 aliphatic rings. The molecule has 2 aromatic carbocycles. The number of nitro benzene ring substituents is 1. The lowest BCUT2D eigenvalue weighted by Gasteiger charge is -2.12. The Labute approximate surface area is 140 Å². The molecule has 0 amide bonds. The molecule has 2 rings (SSSR count). The number of non-ortho nitro benzene ring substituents is 1. The Morgan fingerprint density at radius 2 is 2.08 bits per heavy atom. The molecule has 0 fully saturated rings. The summed E-state index contributed by atoms with van der Waals surface area (Å²) in [6.07, 6.45) is 2.08. The molecule has 0 radical (unpaired) electrons. The van der Waals surface area contributed by atoms with Gasteiger partial charge in [0.15, 0.2) is 0 Å². The summed E-state index contributed by atoms with van der Waals surface area (Å²) in [6, 6.07) is 9.24. The fraction of sp³-hybridized carbons (Fsp3) is 0.278. The molecule has 0 N–H and O–H groups in total. The Balaban J connectivity index is 2.34. The van der Waals surface area contributed by atoms with Crippen LogP contribution in [0.3, 0.4) is 0 Å². The van der Waals surface area contributed by atoms with Crippen LogP contribution in [-0.4, -0.2) is 29.8 Å². The molecule has 0 bridgehead atoms. The van der Waals surface area contributed by atoms with Crippen LogP contribution in [0.25, 0.3) is 0 Å². The summed E-state index contributed by atoms with van der Waals surface area (Å²) in [5, 5.41) is 10.9. The molecule has 0 unspecified atom stereocenters. The van der Waals surface area contributed by atoms with Crippen LogP contribution < -0.4 is 0 Å². The van der Waals surface area contributed by atoms with Gasteiger partial charge in [0.25, 0.3) is 5.69 Å². The summed E-state index contributed by atoms with van der Waals surface area (Å²) >= 11 is 0. The molecule has 6 heteroatoms. The Kier molecular flexibility index (Phi) is 5.63. The molecule has 0 aromatic heterocycles. The van der Waals surface area contributed by atoms with E-state index in [1.807, 2.05) is 25.8 Å². The Hall–Kier alpha value is -2.76. The standard InChI is InChI=1S/C18H20FN3O2/c1-4-21(3)12-20-18-11-16(19)10-15(13(18)2)8-14-6-5-7-17(9-14)22(23)24/h5-7,9-12H,4,8H2,1-3H3. The van der Waals surface area contributed by atoms with Crippen LogP contribution in [0.5, 0.6) is 0 Å². The number of hydrogen-bond acceptors (Lipinski definition) is 3. The number of benzene rings is 2. The van der Waals surface area contributed by atoms with Gasteiger partial charge < -0.3 is 4.90 Å². The average Bonchev–Trinajstić information content (AvgIpc) is 2.56.